The second-order valence-electron chi connectivity index (χ2n) is 7.14. The van der Waals surface area contributed by atoms with Crippen molar-refractivity contribution >= 4 is 22.9 Å². The van der Waals surface area contributed by atoms with Gasteiger partial charge in [0.25, 0.3) is 5.91 Å². The number of nitrogens with one attached hydrogen (secondary N) is 1. The number of fused-ring (bicyclic) bond motifs is 1. The molecule has 0 spiro atoms. The van der Waals surface area contributed by atoms with Crippen LogP contribution in [0.25, 0.3) is 10.8 Å². The molecule has 0 aliphatic carbocycles. The van der Waals surface area contributed by atoms with Crippen molar-refractivity contribution in [2.75, 3.05) is 0 Å². The maximum Gasteiger partial charge on any atom is 0.275 e. The average Bonchev–Trinajstić information content (AvgIpc) is 3.01. The largest absolute Gasteiger partial charge is 0.507 e. The molecule has 0 unspecified atom stereocenters. The average molecular weight is 398 g/mol. The fourth-order valence-electron chi connectivity index (χ4n) is 3.43. The van der Waals surface area contributed by atoms with Gasteiger partial charge in [-0.05, 0) is 42.3 Å². The summed E-state index contributed by atoms with van der Waals surface area (Å²) >= 11 is 0. The third kappa shape index (κ3) is 3.93. The van der Waals surface area contributed by atoms with Gasteiger partial charge in [-0.2, -0.15) is 10.2 Å². The molecule has 0 aliphatic heterocycles. The Labute approximate surface area is 174 Å². The van der Waals surface area contributed by atoms with E-state index >= 15 is 0 Å². The van der Waals surface area contributed by atoms with Gasteiger partial charge in [0, 0.05) is 11.3 Å². The maximum atomic E-state index is 12.5. The van der Waals surface area contributed by atoms with Gasteiger partial charge in [0.2, 0.25) is 0 Å². The van der Waals surface area contributed by atoms with Crippen molar-refractivity contribution in [3.8, 4) is 5.75 Å². The van der Waals surface area contributed by atoms with E-state index in [2.05, 4.69) is 27.8 Å². The lowest BCUT2D eigenvalue weighted by molar-refractivity contribution is 0.0952. The summed E-state index contributed by atoms with van der Waals surface area (Å²) in [6.45, 7) is 4.55. The first-order chi connectivity index (χ1) is 14.5. The summed E-state index contributed by atoms with van der Waals surface area (Å²) in [5, 5.41) is 20.6. The molecule has 0 saturated heterocycles. The van der Waals surface area contributed by atoms with E-state index in [1.807, 2.05) is 61.0 Å². The molecular weight excluding hydrogens is 376 g/mol. The number of benzene rings is 3. The number of carbonyl (C=O) groups is 1. The molecule has 0 aliphatic rings. The molecule has 4 rings (SSSR count). The summed E-state index contributed by atoms with van der Waals surface area (Å²) in [6, 6.07) is 20.9. The monoisotopic (exact) mass is 398 g/mol. The lowest BCUT2D eigenvalue weighted by atomic mass is 10.1. The SMILES string of the molecule is Cc1nn(Cc2ccccc2)c(C)c1/C=N/NC(=O)c1cc2ccccc2cc1O. The smallest absolute Gasteiger partial charge is 0.275 e. The van der Waals surface area contributed by atoms with Gasteiger partial charge in [-0.1, -0.05) is 54.6 Å². The molecule has 6 nitrogen and oxygen atoms in total. The van der Waals surface area contributed by atoms with Gasteiger partial charge in [0.1, 0.15) is 5.75 Å². The van der Waals surface area contributed by atoms with Crippen LogP contribution in [0.2, 0.25) is 0 Å². The number of hydrogen-bond acceptors (Lipinski definition) is 4. The number of phenols is 1. The number of aromatic hydroxyl groups is 1. The van der Waals surface area contributed by atoms with Crippen molar-refractivity contribution in [1.29, 1.82) is 0 Å². The Morgan fingerprint density at radius 1 is 1.07 bits per heavy atom. The highest BCUT2D eigenvalue weighted by atomic mass is 16.3. The van der Waals surface area contributed by atoms with E-state index in [1.165, 1.54) is 0 Å². The van der Waals surface area contributed by atoms with E-state index in [-0.39, 0.29) is 11.3 Å². The van der Waals surface area contributed by atoms with E-state index in [0.29, 0.717) is 6.54 Å². The van der Waals surface area contributed by atoms with Crippen molar-refractivity contribution in [1.82, 2.24) is 15.2 Å². The van der Waals surface area contributed by atoms with Crippen LogP contribution in [-0.2, 0) is 6.54 Å². The molecule has 150 valence electrons. The molecule has 0 radical (unpaired) electrons. The van der Waals surface area contributed by atoms with Crippen LogP contribution in [0.4, 0.5) is 0 Å². The van der Waals surface area contributed by atoms with Gasteiger partial charge in [-0.3, -0.25) is 9.48 Å². The van der Waals surface area contributed by atoms with Crippen molar-refractivity contribution in [2.45, 2.75) is 20.4 Å². The first-order valence-electron chi connectivity index (χ1n) is 9.66. The molecule has 30 heavy (non-hydrogen) atoms. The first kappa shape index (κ1) is 19.4. The minimum atomic E-state index is -0.471. The highest BCUT2D eigenvalue weighted by Crippen LogP contribution is 2.24. The third-order valence-corrected chi connectivity index (χ3v) is 5.08. The number of aromatic nitrogens is 2. The van der Waals surface area contributed by atoms with E-state index in [4.69, 9.17) is 0 Å². The van der Waals surface area contributed by atoms with Gasteiger partial charge < -0.3 is 5.11 Å². The third-order valence-electron chi connectivity index (χ3n) is 5.08. The summed E-state index contributed by atoms with van der Waals surface area (Å²) in [7, 11) is 0. The Hall–Kier alpha value is -3.93. The summed E-state index contributed by atoms with van der Waals surface area (Å²) in [5.41, 5.74) is 6.48. The Balaban J connectivity index is 1.51. The number of aryl methyl sites for hydroxylation is 1. The highest BCUT2D eigenvalue weighted by Gasteiger charge is 2.13. The van der Waals surface area contributed by atoms with Crippen LogP contribution >= 0.6 is 0 Å². The van der Waals surface area contributed by atoms with Crippen molar-refractivity contribution < 1.29 is 9.90 Å². The van der Waals surface area contributed by atoms with Crippen LogP contribution < -0.4 is 5.43 Å². The summed E-state index contributed by atoms with van der Waals surface area (Å²) in [4.78, 5) is 12.5. The van der Waals surface area contributed by atoms with Crippen LogP contribution in [0.5, 0.6) is 5.75 Å². The quantitative estimate of drug-likeness (QED) is 0.391. The maximum absolute atomic E-state index is 12.5. The molecule has 0 atom stereocenters. The lowest BCUT2D eigenvalue weighted by Crippen LogP contribution is -2.18. The van der Waals surface area contributed by atoms with E-state index in [1.54, 1.807) is 18.3 Å². The van der Waals surface area contributed by atoms with Crippen LogP contribution in [0.15, 0.2) is 71.8 Å². The number of rotatable bonds is 5. The van der Waals surface area contributed by atoms with Crippen LogP contribution in [0.3, 0.4) is 0 Å². The van der Waals surface area contributed by atoms with Gasteiger partial charge in [0.15, 0.2) is 0 Å². The first-order valence-corrected chi connectivity index (χ1v) is 9.66. The van der Waals surface area contributed by atoms with Gasteiger partial charge >= 0.3 is 0 Å². The van der Waals surface area contributed by atoms with Crippen LogP contribution in [0.1, 0.15) is 32.9 Å². The summed E-state index contributed by atoms with van der Waals surface area (Å²) in [6.07, 6.45) is 1.59. The summed E-state index contributed by atoms with van der Waals surface area (Å²) in [5.74, 6) is -0.550. The minimum absolute atomic E-state index is 0.0792. The van der Waals surface area contributed by atoms with Gasteiger partial charge in [-0.15, -0.1) is 0 Å². The second kappa shape index (κ2) is 8.21. The number of phenolic OH excluding ortho intramolecular Hbond substituents is 1. The Morgan fingerprint density at radius 3 is 2.47 bits per heavy atom. The molecule has 2 N–H and O–H groups in total. The molecule has 4 aromatic rings. The van der Waals surface area contributed by atoms with Crippen molar-refractivity contribution in [2.24, 2.45) is 5.10 Å². The zero-order chi connectivity index (χ0) is 21.1. The number of hydrogen-bond donors (Lipinski definition) is 2. The summed E-state index contributed by atoms with van der Waals surface area (Å²) < 4.78 is 1.92. The van der Waals surface area contributed by atoms with Crippen LogP contribution in [0, 0.1) is 13.8 Å². The molecule has 0 saturated carbocycles. The standard InChI is InChI=1S/C24H22N4O2/c1-16-22(17(2)28(27-16)15-18-8-4-3-5-9-18)14-25-26-24(30)21-12-19-10-6-7-11-20(19)13-23(21)29/h3-14,29H,15H2,1-2H3,(H,26,30)/b25-14+. The molecule has 3 aromatic carbocycles. The Bertz CT molecular complexity index is 1240. The molecule has 1 aromatic heterocycles. The predicted octanol–water partition coefficient (Wildman–Crippen LogP) is 4.17. The minimum Gasteiger partial charge on any atom is -0.507 e. The second-order valence-corrected chi connectivity index (χ2v) is 7.14. The number of carbonyl (C=O) groups excluding carboxylic acids is 1. The van der Waals surface area contributed by atoms with Gasteiger partial charge in [-0.25, -0.2) is 5.43 Å². The van der Waals surface area contributed by atoms with Crippen molar-refractivity contribution in [3.63, 3.8) is 0 Å². The predicted molar refractivity (Wildman–Crippen MR) is 118 cm³/mol. The molecular formula is C24H22N4O2. The zero-order valence-corrected chi connectivity index (χ0v) is 16.8. The van der Waals surface area contributed by atoms with Gasteiger partial charge in [0.05, 0.1) is 24.0 Å². The van der Waals surface area contributed by atoms with E-state index < -0.39 is 5.91 Å². The normalized spacial score (nSPS) is 11.3. The molecule has 1 amide bonds. The topological polar surface area (TPSA) is 79.5 Å². The molecule has 1 heterocycles. The Morgan fingerprint density at radius 2 is 1.73 bits per heavy atom. The highest BCUT2D eigenvalue weighted by molar-refractivity contribution is 6.01. The lowest BCUT2D eigenvalue weighted by Gasteiger charge is -2.06. The molecule has 6 heteroatoms. The fourth-order valence-corrected chi connectivity index (χ4v) is 3.43. The molecule has 0 fully saturated rings. The van der Waals surface area contributed by atoms with Crippen LogP contribution in [-0.4, -0.2) is 27.0 Å². The Kier molecular flexibility index (Phi) is 5.30. The van der Waals surface area contributed by atoms with E-state index in [0.717, 1.165) is 33.3 Å². The zero-order valence-electron chi connectivity index (χ0n) is 16.8. The number of amides is 1. The fraction of sp³-hybridized carbons (Fsp3) is 0.125. The molecule has 0 bridgehead atoms. The number of hydrazone groups is 1. The van der Waals surface area contributed by atoms with Crippen molar-refractivity contribution in [3.05, 3.63) is 94.8 Å². The number of nitrogens with zero attached hydrogens (tertiary/aromatic N) is 3. The van der Waals surface area contributed by atoms with E-state index in [9.17, 15) is 9.90 Å².